The van der Waals surface area contributed by atoms with Gasteiger partial charge in [-0.25, -0.2) is 0 Å². The second-order valence-corrected chi connectivity index (χ2v) is 6.98. The molecule has 0 heterocycles. The van der Waals surface area contributed by atoms with E-state index in [2.05, 4.69) is 21.7 Å². The van der Waals surface area contributed by atoms with Crippen LogP contribution in [0.1, 0.15) is 30.4 Å². The number of aryl methyl sites for hydroxylation is 1. The van der Waals surface area contributed by atoms with Crippen LogP contribution in [0.15, 0.2) is 53.5 Å². The Morgan fingerprint density at radius 1 is 1.11 bits per heavy atom. The number of hydrogen-bond donors (Lipinski definition) is 3. The number of aromatic hydroxyl groups is 1. The van der Waals surface area contributed by atoms with Crippen LogP contribution >= 0.6 is 24.0 Å². The molecule has 2 aromatic rings. The fourth-order valence-electron chi connectivity index (χ4n) is 2.84. The van der Waals surface area contributed by atoms with Gasteiger partial charge in [0.05, 0.1) is 6.61 Å². The van der Waals surface area contributed by atoms with Crippen molar-refractivity contribution in [2.24, 2.45) is 10.9 Å². The van der Waals surface area contributed by atoms with Gasteiger partial charge in [-0.15, -0.1) is 24.0 Å². The van der Waals surface area contributed by atoms with Gasteiger partial charge in [-0.1, -0.05) is 30.3 Å². The molecule has 0 unspecified atom stereocenters. The summed E-state index contributed by atoms with van der Waals surface area (Å²) in [4.78, 5) is 4.29. The van der Waals surface area contributed by atoms with Crippen LogP contribution in [0.4, 0.5) is 0 Å². The van der Waals surface area contributed by atoms with E-state index in [1.807, 2.05) is 30.3 Å². The largest absolute Gasteiger partial charge is 0.508 e. The molecule has 0 saturated heterocycles. The molecule has 1 aliphatic rings. The number of rotatable bonds is 9. The van der Waals surface area contributed by atoms with Gasteiger partial charge in [-0.2, -0.15) is 0 Å². The molecule has 28 heavy (non-hydrogen) atoms. The van der Waals surface area contributed by atoms with Crippen molar-refractivity contribution < 1.29 is 9.84 Å². The van der Waals surface area contributed by atoms with Crippen molar-refractivity contribution >= 4 is 29.9 Å². The van der Waals surface area contributed by atoms with E-state index in [0.29, 0.717) is 12.3 Å². The normalized spacial score (nSPS) is 13.5. The number of halogens is 1. The number of aliphatic imine (C=N–C) groups is 1. The molecular formula is C22H30IN3O2. The predicted molar refractivity (Wildman–Crippen MR) is 125 cm³/mol. The Morgan fingerprint density at radius 3 is 2.57 bits per heavy atom. The molecule has 2 aromatic carbocycles. The number of para-hydroxylation sites is 1. The molecule has 0 amide bonds. The Hall–Kier alpha value is -1.96. The van der Waals surface area contributed by atoms with Crippen molar-refractivity contribution in [2.45, 2.75) is 32.2 Å². The molecule has 1 fully saturated rings. The Balaban J connectivity index is 0.00000280. The van der Waals surface area contributed by atoms with Crippen LogP contribution in [0.25, 0.3) is 0 Å². The molecule has 5 nitrogen and oxygen atoms in total. The lowest BCUT2D eigenvalue weighted by molar-refractivity contribution is 0.296. The summed E-state index contributed by atoms with van der Waals surface area (Å²) in [6.45, 7) is 2.33. The van der Waals surface area contributed by atoms with Gasteiger partial charge in [0.2, 0.25) is 0 Å². The van der Waals surface area contributed by atoms with Gasteiger partial charge in [0, 0.05) is 25.7 Å². The first kappa shape index (κ1) is 22.3. The highest BCUT2D eigenvalue weighted by molar-refractivity contribution is 14.0. The third-order valence-electron chi connectivity index (χ3n) is 4.68. The molecule has 3 rings (SSSR count). The summed E-state index contributed by atoms with van der Waals surface area (Å²) in [6, 6.07) is 15.6. The number of benzene rings is 2. The van der Waals surface area contributed by atoms with Crippen LogP contribution < -0.4 is 15.4 Å². The Kier molecular flexibility index (Phi) is 9.40. The molecule has 152 valence electrons. The molecule has 0 bridgehead atoms. The van der Waals surface area contributed by atoms with Crippen LogP contribution in [0.3, 0.4) is 0 Å². The van der Waals surface area contributed by atoms with E-state index in [0.717, 1.165) is 49.2 Å². The maximum absolute atomic E-state index is 9.32. The highest BCUT2D eigenvalue weighted by Gasteiger charge is 2.22. The van der Waals surface area contributed by atoms with Gasteiger partial charge in [0.15, 0.2) is 5.96 Å². The summed E-state index contributed by atoms with van der Waals surface area (Å²) in [7, 11) is 1.78. The average Bonchev–Trinajstić information content (AvgIpc) is 3.52. The number of phenolic OH excluding ortho intramolecular Hbond substituents is 1. The monoisotopic (exact) mass is 495 g/mol. The zero-order valence-electron chi connectivity index (χ0n) is 16.4. The maximum Gasteiger partial charge on any atom is 0.191 e. The van der Waals surface area contributed by atoms with Gasteiger partial charge < -0.3 is 20.5 Å². The summed E-state index contributed by atoms with van der Waals surface area (Å²) in [6.07, 6.45) is 4.54. The minimum atomic E-state index is 0. The van der Waals surface area contributed by atoms with Crippen molar-refractivity contribution in [1.29, 1.82) is 0 Å². The maximum atomic E-state index is 9.32. The quantitative estimate of drug-likeness (QED) is 0.212. The fourth-order valence-corrected chi connectivity index (χ4v) is 2.84. The van der Waals surface area contributed by atoms with Gasteiger partial charge in [-0.3, -0.25) is 4.99 Å². The summed E-state index contributed by atoms with van der Waals surface area (Å²) < 4.78 is 5.96. The molecule has 0 atom stereocenters. The van der Waals surface area contributed by atoms with Gasteiger partial charge in [-0.05, 0) is 55.4 Å². The number of phenols is 1. The minimum Gasteiger partial charge on any atom is -0.508 e. The Morgan fingerprint density at radius 2 is 1.86 bits per heavy atom. The number of nitrogens with one attached hydrogen (secondary N) is 2. The Bertz CT molecular complexity index is 746. The topological polar surface area (TPSA) is 65.9 Å². The molecule has 1 aliphatic carbocycles. The number of guanidine groups is 1. The zero-order valence-corrected chi connectivity index (χ0v) is 18.7. The average molecular weight is 495 g/mol. The van der Waals surface area contributed by atoms with E-state index < -0.39 is 0 Å². The summed E-state index contributed by atoms with van der Waals surface area (Å²) in [5, 5.41) is 16.0. The first-order valence-electron chi connectivity index (χ1n) is 9.67. The SMILES string of the molecule is CN=C(NCCCc1ccc(O)cc1)NCc1ccccc1OCC1CC1.I. The van der Waals surface area contributed by atoms with Gasteiger partial charge >= 0.3 is 0 Å². The van der Waals surface area contributed by atoms with Crippen molar-refractivity contribution in [3.63, 3.8) is 0 Å². The van der Waals surface area contributed by atoms with Crippen LogP contribution in [0.5, 0.6) is 11.5 Å². The molecule has 6 heteroatoms. The van der Waals surface area contributed by atoms with Crippen molar-refractivity contribution in [3.8, 4) is 11.5 Å². The number of ether oxygens (including phenoxy) is 1. The van der Waals surface area contributed by atoms with Crippen molar-refractivity contribution in [1.82, 2.24) is 10.6 Å². The highest BCUT2D eigenvalue weighted by atomic mass is 127. The predicted octanol–water partition coefficient (Wildman–Crippen LogP) is 4.10. The second kappa shape index (κ2) is 11.8. The van der Waals surface area contributed by atoms with Crippen LogP contribution in [-0.4, -0.2) is 31.3 Å². The highest BCUT2D eigenvalue weighted by Crippen LogP contribution is 2.30. The van der Waals surface area contributed by atoms with Crippen molar-refractivity contribution in [2.75, 3.05) is 20.2 Å². The first-order valence-corrected chi connectivity index (χ1v) is 9.67. The smallest absolute Gasteiger partial charge is 0.191 e. The van der Waals surface area contributed by atoms with E-state index in [1.165, 1.54) is 18.4 Å². The van der Waals surface area contributed by atoms with Crippen molar-refractivity contribution in [3.05, 3.63) is 59.7 Å². The molecule has 0 aromatic heterocycles. The molecule has 0 spiro atoms. The Labute approximate surface area is 184 Å². The fraction of sp³-hybridized carbons (Fsp3) is 0.409. The number of hydrogen-bond acceptors (Lipinski definition) is 3. The minimum absolute atomic E-state index is 0. The summed E-state index contributed by atoms with van der Waals surface area (Å²) >= 11 is 0. The lowest BCUT2D eigenvalue weighted by atomic mass is 10.1. The van der Waals surface area contributed by atoms with E-state index in [9.17, 15) is 5.11 Å². The van der Waals surface area contributed by atoms with Crippen LogP contribution in [0, 0.1) is 5.92 Å². The summed E-state index contributed by atoms with van der Waals surface area (Å²) in [5.41, 5.74) is 2.37. The van der Waals surface area contributed by atoms with Crippen LogP contribution in [-0.2, 0) is 13.0 Å². The zero-order chi connectivity index (χ0) is 18.9. The van der Waals surface area contributed by atoms with E-state index in [-0.39, 0.29) is 24.0 Å². The first-order chi connectivity index (χ1) is 13.2. The van der Waals surface area contributed by atoms with Gasteiger partial charge in [0.25, 0.3) is 0 Å². The molecule has 3 N–H and O–H groups in total. The molecule has 0 aliphatic heterocycles. The van der Waals surface area contributed by atoms with E-state index in [1.54, 1.807) is 19.2 Å². The molecule has 0 radical (unpaired) electrons. The second-order valence-electron chi connectivity index (χ2n) is 6.98. The lowest BCUT2D eigenvalue weighted by Gasteiger charge is -2.15. The van der Waals surface area contributed by atoms with E-state index in [4.69, 9.17) is 4.74 Å². The lowest BCUT2D eigenvalue weighted by Crippen LogP contribution is -2.37. The van der Waals surface area contributed by atoms with Crippen LogP contribution in [0.2, 0.25) is 0 Å². The molecule has 1 saturated carbocycles. The third-order valence-corrected chi connectivity index (χ3v) is 4.68. The number of nitrogens with zero attached hydrogens (tertiary/aromatic N) is 1. The third kappa shape index (κ3) is 7.58. The van der Waals surface area contributed by atoms with Gasteiger partial charge in [0.1, 0.15) is 11.5 Å². The van der Waals surface area contributed by atoms with E-state index >= 15 is 0 Å². The summed E-state index contributed by atoms with van der Waals surface area (Å²) in [5.74, 6) is 2.80. The standard InChI is InChI=1S/C22H29N3O2.HI/c1-23-22(24-14-4-5-17-10-12-20(26)13-11-17)25-15-19-6-2-3-7-21(19)27-16-18-8-9-18;/h2-3,6-7,10-13,18,26H,4-5,8-9,14-16H2,1H3,(H2,23,24,25);1H. The molecular weight excluding hydrogens is 465 g/mol.